The molecule has 0 radical (unpaired) electrons. The van der Waals surface area contributed by atoms with Gasteiger partial charge in [-0.2, -0.15) is 0 Å². The fraction of sp³-hybridized carbons (Fsp3) is 0.400. The molecule has 2 aromatic rings. The van der Waals surface area contributed by atoms with Gasteiger partial charge >= 0.3 is 6.03 Å². The van der Waals surface area contributed by atoms with Gasteiger partial charge in [0.05, 0.1) is 6.54 Å². The Bertz CT molecular complexity index is 743. The van der Waals surface area contributed by atoms with Crippen LogP contribution in [0.4, 0.5) is 4.79 Å². The minimum absolute atomic E-state index is 0.0197. The number of urea groups is 1. The van der Waals surface area contributed by atoms with E-state index in [1.54, 1.807) is 11.3 Å². The Labute approximate surface area is 152 Å². The molecule has 0 bridgehead atoms. The van der Waals surface area contributed by atoms with Crippen LogP contribution < -0.4 is 5.32 Å². The van der Waals surface area contributed by atoms with Crippen molar-refractivity contribution in [3.8, 4) is 0 Å². The third-order valence-electron chi connectivity index (χ3n) is 4.86. The molecule has 1 aliphatic heterocycles. The van der Waals surface area contributed by atoms with E-state index >= 15 is 0 Å². The predicted molar refractivity (Wildman–Crippen MR) is 101 cm³/mol. The van der Waals surface area contributed by atoms with Crippen molar-refractivity contribution < 1.29 is 9.59 Å². The number of Topliss-reactive ketones (excluding diaryl/α,β-unsaturated/α-hetero) is 1. The lowest BCUT2D eigenvalue weighted by molar-refractivity contribution is 0.0854. The van der Waals surface area contributed by atoms with Crippen molar-refractivity contribution in [1.82, 2.24) is 10.2 Å². The van der Waals surface area contributed by atoms with Crippen LogP contribution in [0, 0.1) is 19.8 Å². The summed E-state index contributed by atoms with van der Waals surface area (Å²) in [5, 5.41) is 5.03. The third kappa shape index (κ3) is 4.28. The molecule has 0 aliphatic carbocycles. The van der Waals surface area contributed by atoms with Gasteiger partial charge < -0.3 is 10.2 Å². The Hall–Kier alpha value is -2.14. The Balaban J connectivity index is 1.49. The molecule has 1 saturated heterocycles. The zero-order valence-corrected chi connectivity index (χ0v) is 15.6. The normalized spacial score (nSPS) is 15.2. The van der Waals surface area contributed by atoms with Gasteiger partial charge in [0.25, 0.3) is 0 Å². The zero-order valence-electron chi connectivity index (χ0n) is 14.7. The van der Waals surface area contributed by atoms with Gasteiger partial charge in [-0.3, -0.25) is 4.79 Å². The van der Waals surface area contributed by atoms with E-state index < -0.39 is 0 Å². The number of piperidine rings is 1. The highest BCUT2D eigenvalue weighted by atomic mass is 32.1. The van der Waals surface area contributed by atoms with Crippen LogP contribution in [0.15, 0.2) is 35.7 Å². The van der Waals surface area contributed by atoms with Crippen LogP contribution in [0.3, 0.4) is 0 Å². The summed E-state index contributed by atoms with van der Waals surface area (Å²) in [6, 6.07) is 9.79. The minimum atomic E-state index is -0.0333. The molecule has 3 rings (SSSR count). The Morgan fingerprint density at radius 2 is 1.80 bits per heavy atom. The first-order chi connectivity index (χ1) is 12.0. The maximum atomic E-state index is 12.6. The third-order valence-corrected chi connectivity index (χ3v) is 5.88. The summed E-state index contributed by atoms with van der Waals surface area (Å²) >= 11 is 1.66. The molecular weight excluding hydrogens is 332 g/mol. The molecule has 1 aromatic heterocycles. The largest absolute Gasteiger partial charge is 0.333 e. The number of carbonyl (C=O) groups excluding carboxylic acids is 2. The molecule has 0 atom stereocenters. The monoisotopic (exact) mass is 356 g/mol. The number of hydrogen-bond donors (Lipinski definition) is 1. The number of carbonyl (C=O) groups is 2. The van der Waals surface area contributed by atoms with Gasteiger partial charge in [-0.1, -0.05) is 29.8 Å². The molecule has 1 N–H and O–H groups in total. The first kappa shape index (κ1) is 17.7. The summed E-state index contributed by atoms with van der Waals surface area (Å²) in [5.74, 6) is 0.223. The average Bonchev–Trinajstić information content (AvgIpc) is 3.05. The lowest BCUT2D eigenvalue weighted by atomic mass is 9.89. The van der Waals surface area contributed by atoms with Crippen molar-refractivity contribution in [1.29, 1.82) is 0 Å². The van der Waals surface area contributed by atoms with Crippen molar-refractivity contribution in [2.75, 3.05) is 13.1 Å². The number of thiophene rings is 1. The van der Waals surface area contributed by atoms with Gasteiger partial charge in [0.2, 0.25) is 0 Å². The molecule has 132 valence electrons. The predicted octanol–water partition coefficient (Wildman–Crippen LogP) is 4.17. The number of benzene rings is 1. The molecule has 0 spiro atoms. The van der Waals surface area contributed by atoms with Gasteiger partial charge in [-0.05, 0) is 43.7 Å². The summed E-state index contributed by atoms with van der Waals surface area (Å²) < 4.78 is 0. The van der Waals surface area contributed by atoms with E-state index in [4.69, 9.17) is 0 Å². The molecule has 2 amide bonds. The number of aryl methyl sites for hydroxylation is 2. The SMILES string of the molecule is Cc1ccc(C(=O)C2CCN(C(=O)NCc3sccc3C)CC2)cc1. The quantitative estimate of drug-likeness (QED) is 0.836. The first-order valence-electron chi connectivity index (χ1n) is 8.71. The van der Waals surface area contributed by atoms with Gasteiger partial charge in [0.1, 0.15) is 0 Å². The van der Waals surface area contributed by atoms with Crippen LogP contribution in [-0.2, 0) is 6.54 Å². The molecule has 1 fully saturated rings. The van der Waals surface area contributed by atoms with E-state index in [1.165, 1.54) is 10.4 Å². The number of nitrogens with one attached hydrogen (secondary N) is 1. The number of amides is 2. The standard InChI is InChI=1S/C20H24N2O2S/c1-14-3-5-16(6-4-14)19(23)17-7-10-22(11-8-17)20(24)21-13-18-15(2)9-12-25-18/h3-6,9,12,17H,7-8,10-11,13H2,1-2H3,(H,21,24). The number of hydrogen-bond acceptors (Lipinski definition) is 3. The van der Waals surface area contributed by atoms with Gasteiger partial charge in [0, 0.05) is 29.4 Å². The number of rotatable bonds is 4. The second-order valence-corrected chi connectivity index (χ2v) is 7.68. The molecule has 25 heavy (non-hydrogen) atoms. The Morgan fingerprint density at radius 1 is 1.12 bits per heavy atom. The van der Waals surface area contributed by atoms with E-state index in [0.29, 0.717) is 19.6 Å². The van der Waals surface area contributed by atoms with Crippen LogP contribution in [0.5, 0.6) is 0 Å². The van der Waals surface area contributed by atoms with E-state index in [0.717, 1.165) is 24.0 Å². The zero-order chi connectivity index (χ0) is 17.8. The highest BCUT2D eigenvalue weighted by molar-refractivity contribution is 7.10. The fourth-order valence-corrected chi connectivity index (χ4v) is 4.00. The van der Waals surface area contributed by atoms with E-state index in [2.05, 4.69) is 18.3 Å². The van der Waals surface area contributed by atoms with Crippen molar-refractivity contribution >= 4 is 23.2 Å². The maximum absolute atomic E-state index is 12.6. The van der Waals surface area contributed by atoms with Crippen LogP contribution in [0.25, 0.3) is 0 Å². The lowest BCUT2D eigenvalue weighted by Crippen LogP contribution is -2.45. The summed E-state index contributed by atoms with van der Waals surface area (Å²) in [5.41, 5.74) is 3.15. The summed E-state index contributed by atoms with van der Waals surface area (Å²) in [7, 11) is 0. The Kier molecular flexibility index (Phi) is 5.53. The van der Waals surface area contributed by atoms with Crippen LogP contribution in [0.2, 0.25) is 0 Å². The smallest absolute Gasteiger partial charge is 0.317 e. The molecule has 0 saturated carbocycles. The summed E-state index contributed by atoms with van der Waals surface area (Å²) in [6.45, 7) is 5.92. The van der Waals surface area contributed by atoms with E-state index in [1.807, 2.05) is 41.5 Å². The highest BCUT2D eigenvalue weighted by Crippen LogP contribution is 2.22. The summed E-state index contributed by atoms with van der Waals surface area (Å²) in [4.78, 5) is 27.9. The van der Waals surface area contributed by atoms with Crippen molar-refractivity contribution in [2.45, 2.75) is 33.2 Å². The van der Waals surface area contributed by atoms with E-state index in [9.17, 15) is 9.59 Å². The van der Waals surface area contributed by atoms with Gasteiger partial charge in [-0.25, -0.2) is 4.79 Å². The summed E-state index contributed by atoms with van der Waals surface area (Å²) in [6.07, 6.45) is 1.47. The van der Waals surface area contributed by atoms with Crippen molar-refractivity contribution in [3.05, 3.63) is 57.3 Å². The van der Waals surface area contributed by atoms with Gasteiger partial charge in [-0.15, -0.1) is 11.3 Å². The lowest BCUT2D eigenvalue weighted by Gasteiger charge is -2.31. The molecule has 2 heterocycles. The molecule has 1 aliphatic rings. The van der Waals surface area contributed by atoms with Gasteiger partial charge in [0.15, 0.2) is 5.78 Å². The molecule has 1 aromatic carbocycles. The van der Waals surface area contributed by atoms with Crippen LogP contribution in [0.1, 0.15) is 39.2 Å². The molecule has 5 heteroatoms. The molecule has 4 nitrogen and oxygen atoms in total. The first-order valence-corrected chi connectivity index (χ1v) is 9.59. The topological polar surface area (TPSA) is 49.4 Å². The number of ketones is 1. The minimum Gasteiger partial charge on any atom is -0.333 e. The number of nitrogens with zero attached hydrogens (tertiary/aromatic N) is 1. The van der Waals surface area contributed by atoms with Crippen LogP contribution >= 0.6 is 11.3 Å². The molecule has 0 unspecified atom stereocenters. The number of likely N-dealkylation sites (tertiary alicyclic amines) is 1. The maximum Gasteiger partial charge on any atom is 0.317 e. The highest BCUT2D eigenvalue weighted by Gasteiger charge is 2.27. The van der Waals surface area contributed by atoms with E-state index in [-0.39, 0.29) is 17.7 Å². The fourth-order valence-electron chi connectivity index (χ4n) is 3.15. The second-order valence-electron chi connectivity index (χ2n) is 6.68. The second kappa shape index (κ2) is 7.83. The van der Waals surface area contributed by atoms with Crippen LogP contribution in [-0.4, -0.2) is 29.8 Å². The Morgan fingerprint density at radius 3 is 2.40 bits per heavy atom. The van der Waals surface area contributed by atoms with Crippen molar-refractivity contribution in [3.63, 3.8) is 0 Å². The average molecular weight is 356 g/mol. The molecular formula is C20H24N2O2S. The van der Waals surface area contributed by atoms with Crippen molar-refractivity contribution in [2.24, 2.45) is 5.92 Å².